The third-order valence-corrected chi connectivity index (χ3v) is 2.29. The summed E-state index contributed by atoms with van der Waals surface area (Å²) in [6.45, 7) is 0.642. The van der Waals surface area contributed by atoms with E-state index in [2.05, 4.69) is 31.9 Å². The Balaban J connectivity index is 2.72. The first-order chi connectivity index (χ1) is 5.72. The van der Waals surface area contributed by atoms with Crippen LogP contribution in [0.25, 0.3) is 0 Å². The van der Waals surface area contributed by atoms with Gasteiger partial charge < -0.3 is 4.74 Å². The quantitative estimate of drug-likeness (QED) is 0.775. The zero-order chi connectivity index (χ0) is 8.97. The maximum atomic E-state index is 4.94. The number of rotatable bonds is 3. The maximum Gasteiger partial charge on any atom is 0.185 e. The molecule has 0 spiro atoms. The van der Waals surface area contributed by atoms with Gasteiger partial charge in [-0.3, -0.25) is 0 Å². The molecule has 63 valence electrons. The van der Waals surface area contributed by atoms with Gasteiger partial charge in [-0.15, -0.1) is 0 Å². The van der Waals surface area contributed by atoms with Crippen molar-refractivity contribution in [3.63, 3.8) is 0 Å². The van der Waals surface area contributed by atoms with Gasteiger partial charge >= 0.3 is 0 Å². The monoisotopic (exact) mass is 289 g/mol. The van der Waals surface area contributed by atoms with Gasteiger partial charge in [0, 0.05) is 22.6 Å². The van der Waals surface area contributed by atoms with Crippen LogP contribution in [-0.4, -0.2) is 20.9 Å². The lowest BCUT2D eigenvalue weighted by Crippen LogP contribution is -2.18. The van der Waals surface area contributed by atoms with Crippen molar-refractivity contribution in [2.75, 3.05) is 13.6 Å². The van der Waals surface area contributed by atoms with Crippen LogP contribution in [-0.2, 0) is 4.74 Å². The van der Waals surface area contributed by atoms with Crippen molar-refractivity contribution in [2.24, 2.45) is 0 Å². The summed E-state index contributed by atoms with van der Waals surface area (Å²) in [5.41, 5.74) is 1.15. The first kappa shape index (κ1) is 10.3. The van der Waals surface area contributed by atoms with Crippen LogP contribution in [0.4, 0.5) is 0 Å². The predicted octanol–water partition coefficient (Wildman–Crippen LogP) is 2.14. The molecular formula is C8H8BBr2O. The number of hydrogen-bond donors (Lipinski definition) is 0. The average molecular weight is 291 g/mol. The molecule has 0 aliphatic heterocycles. The van der Waals surface area contributed by atoms with E-state index in [1.54, 1.807) is 7.11 Å². The van der Waals surface area contributed by atoms with Crippen LogP contribution in [0.3, 0.4) is 0 Å². The molecule has 0 saturated heterocycles. The van der Waals surface area contributed by atoms with Crippen molar-refractivity contribution in [3.05, 3.63) is 27.1 Å². The lowest BCUT2D eigenvalue weighted by Gasteiger charge is -2.00. The van der Waals surface area contributed by atoms with E-state index in [1.165, 1.54) is 0 Å². The first-order valence-electron chi connectivity index (χ1n) is 3.50. The maximum absolute atomic E-state index is 4.94. The number of methoxy groups -OCH3 is 1. The highest BCUT2D eigenvalue weighted by molar-refractivity contribution is 9.11. The Labute approximate surface area is 90.0 Å². The second-order valence-corrected chi connectivity index (χ2v) is 4.19. The molecule has 12 heavy (non-hydrogen) atoms. The van der Waals surface area contributed by atoms with Crippen LogP contribution in [0.1, 0.15) is 0 Å². The first-order valence-corrected chi connectivity index (χ1v) is 5.09. The molecule has 1 rings (SSSR count). The Morgan fingerprint density at radius 2 is 1.83 bits per heavy atom. The fraction of sp³-hybridized carbons (Fsp3) is 0.250. The number of hydrogen-bond acceptors (Lipinski definition) is 1. The smallest absolute Gasteiger partial charge is 0.185 e. The van der Waals surface area contributed by atoms with Gasteiger partial charge in [0.15, 0.2) is 7.28 Å². The minimum absolute atomic E-state index is 0.642. The summed E-state index contributed by atoms with van der Waals surface area (Å²) < 4.78 is 7.08. The van der Waals surface area contributed by atoms with Crippen LogP contribution >= 0.6 is 31.9 Å². The summed E-state index contributed by atoms with van der Waals surface area (Å²) in [5, 5.41) is 0. The molecule has 0 aliphatic rings. The molecule has 0 atom stereocenters. The van der Waals surface area contributed by atoms with Gasteiger partial charge in [-0.05, 0) is 6.07 Å². The van der Waals surface area contributed by atoms with E-state index in [1.807, 2.05) is 25.5 Å². The van der Waals surface area contributed by atoms with Crippen LogP contribution in [0.5, 0.6) is 0 Å². The highest BCUT2D eigenvalue weighted by Gasteiger charge is 1.98. The highest BCUT2D eigenvalue weighted by atomic mass is 79.9. The molecular weight excluding hydrogens is 283 g/mol. The Morgan fingerprint density at radius 3 is 2.33 bits per heavy atom. The summed E-state index contributed by atoms with van der Waals surface area (Å²) in [4.78, 5) is 0. The Hall–Kier alpha value is 0.205. The van der Waals surface area contributed by atoms with Gasteiger partial charge in [0.1, 0.15) is 0 Å². The molecule has 0 heterocycles. The Kier molecular flexibility index (Phi) is 4.33. The fourth-order valence-corrected chi connectivity index (χ4v) is 2.20. The van der Waals surface area contributed by atoms with E-state index < -0.39 is 0 Å². The third kappa shape index (κ3) is 3.29. The van der Waals surface area contributed by atoms with E-state index in [0.29, 0.717) is 6.51 Å². The second kappa shape index (κ2) is 5.05. The number of halogens is 2. The molecule has 4 heteroatoms. The third-order valence-electron chi connectivity index (χ3n) is 1.37. The van der Waals surface area contributed by atoms with Crippen LogP contribution in [0.2, 0.25) is 0 Å². The van der Waals surface area contributed by atoms with Crippen molar-refractivity contribution in [2.45, 2.75) is 0 Å². The molecule has 0 unspecified atom stereocenters. The van der Waals surface area contributed by atoms with Gasteiger partial charge in [-0.2, -0.15) is 0 Å². The zero-order valence-corrected chi connectivity index (χ0v) is 9.85. The summed E-state index contributed by atoms with van der Waals surface area (Å²) >= 11 is 6.83. The van der Waals surface area contributed by atoms with Crippen LogP contribution in [0.15, 0.2) is 27.1 Å². The number of ether oxygens (including phenoxy) is 1. The molecule has 0 N–H and O–H groups in total. The van der Waals surface area contributed by atoms with E-state index in [9.17, 15) is 0 Å². The van der Waals surface area contributed by atoms with Gasteiger partial charge in [0.05, 0.1) is 0 Å². The van der Waals surface area contributed by atoms with Crippen molar-refractivity contribution >= 4 is 44.6 Å². The molecule has 0 fully saturated rings. The van der Waals surface area contributed by atoms with Crippen LogP contribution < -0.4 is 5.46 Å². The standard InChI is InChI=1S/C8H8BBr2O/c1-12-5-9-6-2-7(10)4-8(11)3-6/h2-4H,5H2,1H3. The fourth-order valence-electron chi connectivity index (χ4n) is 0.873. The van der Waals surface area contributed by atoms with Crippen molar-refractivity contribution < 1.29 is 4.74 Å². The Morgan fingerprint density at radius 1 is 1.25 bits per heavy atom. The number of benzene rings is 1. The molecule has 0 aromatic heterocycles. The summed E-state index contributed by atoms with van der Waals surface area (Å²) in [7, 11) is 3.71. The van der Waals surface area contributed by atoms with Gasteiger partial charge in [-0.1, -0.05) is 49.5 Å². The van der Waals surface area contributed by atoms with E-state index in [-0.39, 0.29) is 0 Å². The molecule has 1 radical (unpaired) electrons. The summed E-state index contributed by atoms with van der Waals surface area (Å²) in [5.74, 6) is 0. The minimum Gasteiger partial charge on any atom is -0.393 e. The lowest BCUT2D eigenvalue weighted by molar-refractivity contribution is 0.252. The second-order valence-electron chi connectivity index (χ2n) is 2.36. The van der Waals surface area contributed by atoms with Crippen molar-refractivity contribution in [1.82, 2.24) is 0 Å². The molecule has 0 saturated carbocycles. The topological polar surface area (TPSA) is 9.23 Å². The van der Waals surface area contributed by atoms with E-state index in [4.69, 9.17) is 4.74 Å². The zero-order valence-electron chi connectivity index (χ0n) is 6.68. The molecule has 1 aromatic rings. The van der Waals surface area contributed by atoms with E-state index >= 15 is 0 Å². The van der Waals surface area contributed by atoms with Crippen molar-refractivity contribution in [3.8, 4) is 0 Å². The molecule has 0 aliphatic carbocycles. The van der Waals surface area contributed by atoms with Gasteiger partial charge in [0.25, 0.3) is 0 Å². The Bertz CT molecular complexity index is 245. The highest BCUT2D eigenvalue weighted by Crippen LogP contribution is 2.14. The average Bonchev–Trinajstić information content (AvgIpc) is 1.99. The summed E-state index contributed by atoms with van der Waals surface area (Å²) in [6, 6.07) is 6.09. The molecule has 0 amide bonds. The molecule has 1 nitrogen and oxygen atoms in total. The predicted molar refractivity (Wildman–Crippen MR) is 59.1 cm³/mol. The molecule has 1 aromatic carbocycles. The largest absolute Gasteiger partial charge is 0.393 e. The lowest BCUT2D eigenvalue weighted by atomic mass is 9.72. The van der Waals surface area contributed by atoms with Gasteiger partial charge in [0.2, 0.25) is 0 Å². The van der Waals surface area contributed by atoms with Gasteiger partial charge in [-0.25, -0.2) is 0 Å². The normalized spacial score (nSPS) is 9.92. The van der Waals surface area contributed by atoms with E-state index in [0.717, 1.165) is 14.4 Å². The van der Waals surface area contributed by atoms with Crippen LogP contribution in [0, 0.1) is 0 Å². The van der Waals surface area contributed by atoms with Crippen molar-refractivity contribution in [1.29, 1.82) is 0 Å². The summed E-state index contributed by atoms with van der Waals surface area (Å²) in [6.07, 6.45) is 0. The minimum atomic E-state index is 0.642. The molecule has 0 bridgehead atoms. The SMILES string of the molecule is COC[B]c1cc(Br)cc(Br)c1.